The first-order chi connectivity index (χ1) is 26.4. The molecule has 0 N–H and O–H groups in total. The highest BCUT2D eigenvalue weighted by Crippen LogP contribution is 2.51. The summed E-state index contributed by atoms with van der Waals surface area (Å²) in [5.41, 5.74) is 8.30. The molecule has 4 heterocycles. The van der Waals surface area contributed by atoms with Crippen LogP contribution in [0.15, 0.2) is 47.8 Å². The second-order valence-electron chi connectivity index (χ2n) is 15.9. The summed E-state index contributed by atoms with van der Waals surface area (Å²) in [6, 6.07) is 8.31. The molecule has 0 aromatic heterocycles. The predicted octanol–water partition coefficient (Wildman–Crippen LogP) is 12.7. The number of amides is 2. The van der Waals surface area contributed by atoms with Gasteiger partial charge in [0, 0.05) is 23.5 Å². The molecule has 4 aliphatic heterocycles. The molecule has 0 saturated carbocycles. The van der Waals surface area contributed by atoms with E-state index in [4.69, 9.17) is 9.47 Å². The lowest BCUT2D eigenvalue weighted by Gasteiger charge is -2.27. The lowest BCUT2D eigenvalue weighted by atomic mass is 9.93. The van der Waals surface area contributed by atoms with Gasteiger partial charge < -0.3 is 9.47 Å². The minimum atomic E-state index is -0.165. The first-order valence-corrected chi connectivity index (χ1v) is 21.5. The maximum atomic E-state index is 14.2. The molecule has 6 nitrogen and oxygen atoms in total. The van der Waals surface area contributed by atoms with Crippen LogP contribution in [0, 0.1) is 13.8 Å². The zero-order valence-corrected chi connectivity index (χ0v) is 33.7. The fourth-order valence-electron chi connectivity index (χ4n) is 8.33. The molecule has 2 amide bonds. The number of nitrogens with zero attached hydrogens (tertiary/aromatic N) is 2. The van der Waals surface area contributed by atoms with E-state index in [0.717, 1.165) is 59.3 Å². The van der Waals surface area contributed by atoms with Crippen molar-refractivity contribution in [2.75, 3.05) is 13.2 Å². The summed E-state index contributed by atoms with van der Waals surface area (Å²) < 4.78 is 13.0. The maximum absolute atomic E-state index is 14.2. The predicted molar refractivity (Wildman–Crippen MR) is 223 cm³/mol. The third-order valence-corrected chi connectivity index (χ3v) is 11.7. The van der Waals surface area contributed by atoms with Gasteiger partial charge in [0.1, 0.15) is 0 Å². The lowest BCUT2D eigenvalue weighted by molar-refractivity contribution is -0.122. The number of hydrogen-bond donors (Lipinski definition) is 0. The molecule has 0 saturated heterocycles. The number of fused-ring (bicyclic) bond motifs is 7. The number of rotatable bonds is 24. The number of ether oxygens (including phenoxy) is 2. The normalized spacial score (nSPS) is 15.3. The van der Waals surface area contributed by atoms with Crippen LogP contribution in [-0.4, -0.2) is 34.8 Å². The van der Waals surface area contributed by atoms with Crippen LogP contribution in [0.2, 0.25) is 0 Å². The monoisotopic (exact) mass is 732 g/mol. The van der Waals surface area contributed by atoms with Gasteiger partial charge in [-0.05, 0) is 79.3 Å². The van der Waals surface area contributed by atoms with Crippen molar-refractivity contribution in [2.24, 2.45) is 0 Å². The number of benzene rings is 2. The Labute approximate surface area is 325 Å². The van der Waals surface area contributed by atoms with Crippen LogP contribution < -0.4 is 9.47 Å². The number of aryl methyl sites for hydroxylation is 2. The zero-order chi connectivity index (χ0) is 37.9. The molecule has 2 aromatic carbocycles. The Morgan fingerprint density at radius 1 is 0.463 bits per heavy atom. The van der Waals surface area contributed by atoms with E-state index in [1.165, 1.54) is 108 Å². The largest absolute Gasteiger partial charge is 0.490 e. The highest BCUT2D eigenvalue weighted by atomic mass is 16.5. The van der Waals surface area contributed by atoms with Gasteiger partial charge in [-0.3, -0.25) is 19.4 Å². The average Bonchev–Trinajstić information content (AvgIpc) is 3.64. The van der Waals surface area contributed by atoms with Crippen LogP contribution in [0.1, 0.15) is 176 Å². The van der Waals surface area contributed by atoms with E-state index < -0.39 is 0 Å². The Bertz CT molecular complexity index is 1780. The minimum Gasteiger partial charge on any atom is -0.490 e. The first-order valence-electron chi connectivity index (χ1n) is 21.5. The lowest BCUT2D eigenvalue weighted by Crippen LogP contribution is -2.26. The third kappa shape index (κ3) is 9.07. The van der Waals surface area contributed by atoms with E-state index in [2.05, 4.69) is 39.8 Å². The van der Waals surface area contributed by atoms with Gasteiger partial charge in [-0.15, -0.1) is 0 Å². The quantitative estimate of drug-likeness (QED) is 0.101. The Kier molecular flexibility index (Phi) is 14.3. The van der Waals surface area contributed by atoms with E-state index in [0.29, 0.717) is 41.5 Å². The molecule has 0 radical (unpaired) electrons. The molecule has 0 aliphatic carbocycles. The second kappa shape index (κ2) is 19.5. The van der Waals surface area contributed by atoms with Gasteiger partial charge in [-0.1, -0.05) is 135 Å². The van der Waals surface area contributed by atoms with Crippen LogP contribution >= 0.6 is 0 Å². The summed E-state index contributed by atoms with van der Waals surface area (Å²) in [6.45, 7) is 9.95. The highest BCUT2D eigenvalue weighted by molar-refractivity contribution is 6.32. The molecular formula is C48H64N2O4. The van der Waals surface area contributed by atoms with Gasteiger partial charge in [-0.2, -0.15) is 0 Å². The van der Waals surface area contributed by atoms with Crippen LogP contribution in [0.25, 0.3) is 23.5 Å². The van der Waals surface area contributed by atoms with Crippen molar-refractivity contribution in [1.29, 1.82) is 0 Å². The SMILES string of the molecule is CCCCCCCCCCCCOc1cc2c(cc1OCCCCCCCCCCCC)C1=C3C(=O)N4C=Cc5cc(C)c(C)cc5C4=C3C(=O)N1C=C2. The Balaban J connectivity index is 1.17. The summed E-state index contributed by atoms with van der Waals surface area (Å²) in [4.78, 5) is 31.7. The van der Waals surface area contributed by atoms with Gasteiger partial charge in [0.2, 0.25) is 0 Å². The second-order valence-corrected chi connectivity index (χ2v) is 15.9. The molecule has 2 aromatic rings. The van der Waals surface area contributed by atoms with Crippen molar-refractivity contribution in [2.45, 2.75) is 156 Å². The van der Waals surface area contributed by atoms with Crippen molar-refractivity contribution in [3.05, 3.63) is 81.2 Å². The Morgan fingerprint density at radius 2 is 0.833 bits per heavy atom. The molecular weight excluding hydrogens is 669 g/mol. The molecule has 0 atom stereocenters. The van der Waals surface area contributed by atoms with Gasteiger partial charge in [0.25, 0.3) is 11.8 Å². The topological polar surface area (TPSA) is 59.1 Å². The van der Waals surface area contributed by atoms with E-state index in [1.54, 1.807) is 9.80 Å². The summed E-state index contributed by atoms with van der Waals surface area (Å²) in [7, 11) is 0. The maximum Gasteiger partial charge on any atom is 0.265 e. The van der Waals surface area contributed by atoms with Crippen molar-refractivity contribution in [1.82, 2.24) is 9.80 Å². The van der Waals surface area contributed by atoms with E-state index in [1.807, 2.05) is 36.7 Å². The van der Waals surface area contributed by atoms with Gasteiger partial charge in [0.05, 0.1) is 35.8 Å². The summed E-state index contributed by atoms with van der Waals surface area (Å²) >= 11 is 0. The number of carbonyl (C=O) groups is 2. The van der Waals surface area contributed by atoms with Gasteiger partial charge in [0.15, 0.2) is 11.5 Å². The number of unbranched alkanes of at least 4 members (excludes halogenated alkanes) is 18. The van der Waals surface area contributed by atoms with E-state index in [-0.39, 0.29) is 11.8 Å². The van der Waals surface area contributed by atoms with Crippen molar-refractivity contribution >= 4 is 35.4 Å². The third-order valence-electron chi connectivity index (χ3n) is 11.7. The fourth-order valence-corrected chi connectivity index (χ4v) is 8.33. The molecule has 6 rings (SSSR count). The Hall–Kier alpha value is -4.06. The summed E-state index contributed by atoms with van der Waals surface area (Å²) in [5, 5.41) is 0. The van der Waals surface area contributed by atoms with Gasteiger partial charge in [-0.25, -0.2) is 0 Å². The zero-order valence-electron chi connectivity index (χ0n) is 33.7. The molecule has 0 fully saturated rings. The molecule has 0 bridgehead atoms. The van der Waals surface area contributed by atoms with E-state index in [9.17, 15) is 9.59 Å². The van der Waals surface area contributed by atoms with Crippen LogP contribution in [-0.2, 0) is 9.59 Å². The minimum absolute atomic E-state index is 0.165. The van der Waals surface area contributed by atoms with Gasteiger partial charge >= 0.3 is 0 Å². The standard InChI is InChI=1S/C48H64N2O4/c1-5-7-9-11-13-15-17-19-21-23-29-53-41-33-38-26-28-50-46(40(38)34-42(41)54-30-24-22-20-18-16-14-12-10-8-6-2)44-43(47(50)51)45-39-32-36(4)35(3)31-37(39)25-27-49(45)48(44)52/h25-28,31-34H,5-24,29-30H2,1-4H3. The molecule has 6 heteroatoms. The van der Waals surface area contributed by atoms with Crippen LogP contribution in [0.3, 0.4) is 0 Å². The smallest absolute Gasteiger partial charge is 0.265 e. The van der Waals surface area contributed by atoms with Crippen LogP contribution in [0.4, 0.5) is 0 Å². The fraction of sp³-hybridized carbons (Fsp3) is 0.542. The number of hydrogen-bond acceptors (Lipinski definition) is 4. The van der Waals surface area contributed by atoms with Crippen LogP contribution in [0.5, 0.6) is 11.5 Å². The summed E-state index contributed by atoms with van der Waals surface area (Å²) in [5.74, 6) is 1.09. The molecule has 0 spiro atoms. The molecule has 290 valence electrons. The molecule has 4 aliphatic rings. The van der Waals surface area contributed by atoms with Crippen molar-refractivity contribution < 1.29 is 19.1 Å². The number of carbonyl (C=O) groups excluding carboxylic acids is 2. The first kappa shape index (κ1) is 39.6. The van der Waals surface area contributed by atoms with Crippen molar-refractivity contribution in [3.63, 3.8) is 0 Å². The highest BCUT2D eigenvalue weighted by Gasteiger charge is 2.50. The van der Waals surface area contributed by atoms with E-state index >= 15 is 0 Å². The van der Waals surface area contributed by atoms with Crippen molar-refractivity contribution in [3.8, 4) is 11.5 Å². The molecule has 54 heavy (non-hydrogen) atoms. The Morgan fingerprint density at radius 3 is 1.30 bits per heavy atom. The summed E-state index contributed by atoms with van der Waals surface area (Å²) in [6.07, 6.45) is 33.0. The average molecular weight is 733 g/mol. The molecule has 0 unspecified atom stereocenters.